The van der Waals surface area contributed by atoms with Crippen LogP contribution in [0.4, 0.5) is 5.82 Å². The molecule has 158 valence electrons. The second-order valence-corrected chi connectivity index (χ2v) is 9.25. The lowest BCUT2D eigenvalue weighted by Gasteiger charge is -2.34. The lowest BCUT2D eigenvalue weighted by molar-refractivity contribution is 0.0273. The molecule has 5 heterocycles. The van der Waals surface area contributed by atoms with Crippen molar-refractivity contribution >= 4 is 27.4 Å². The summed E-state index contributed by atoms with van der Waals surface area (Å²) in [5, 5.41) is 5.61. The van der Waals surface area contributed by atoms with E-state index < -0.39 is 0 Å². The monoisotopic (exact) mass is 432 g/mol. The van der Waals surface area contributed by atoms with E-state index in [1.54, 1.807) is 6.20 Å². The number of ether oxygens (including phenoxy) is 1. The third-order valence-electron chi connectivity index (χ3n) is 6.10. The van der Waals surface area contributed by atoms with Crippen molar-refractivity contribution < 1.29 is 4.74 Å². The fraction of sp³-hybridized carbons (Fsp3) is 0.391. The third kappa shape index (κ3) is 3.59. The molecule has 1 saturated heterocycles. The first kappa shape index (κ1) is 18.9. The highest BCUT2D eigenvalue weighted by Gasteiger charge is 2.28. The summed E-state index contributed by atoms with van der Waals surface area (Å²) in [7, 11) is 0. The van der Waals surface area contributed by atoms with Gasteiger partial charge < -0.3 is 9.64 Å². The summed E-state index contributed by atoms with van der Waals surface area (Å²) in [6, 6.07) is 5.93. The Balaban J connectivity index is 1.43. The van der Waals surface area contributed by atoms with Crippen molar-refractivity contribution in [2.45, 2.75) is 38.3 Å². The van der Waals surface area contributed by atoms with Crippen LogP contribution < -0.4 is 4.90 Å². The first-order valence-corrected chi connectivity index (χ1v) is 11.7. The zero-order valence-corrected chi connectivity index (χ0v) is 18.1. The molecule has 7 nitrogen and oxygen atoms in total. The minimum absolute atomic E-state index is 0.0787. The van der Waals surface area contributed by atoms with Crippen LogP contribution in [-0.4, -0.2) is 50.5 Å². The molecule has 1 atom stereocenters. The largest absolute Gasteiger partial charge is 0.373 e. The minimum Gasteiger partial charge on any atom is -0.373 e. The highest BCUT2D eigenvalue weighted by molar-refractivity contribution is 7.19. The summed E-state index contributed by atoms with van der Waals surface area (Å²) in [4.78, 5) is 19.4. The van der Waals surface area contributed by atoms with Crippen molar-refractivity contribution in [1.82, 2.24) is 24.7 Å². The van der Waals surface area contributed by atoms with Gasteiger partial charge in [0, 0.05) is 48.3 Å². The zero-order chi connectivity index (χ0) is 20.6. The number of hydrogen-bond acceptors (Lipinski definition) is 7. The number of morpholine rings is 1. The molecule has 1 unspecified atom stereocenters. The highest BCUT2D eigenvalue weighted by Crippen LogP contribution is 2.41. The van der Waals surface area contributed by atoms with Crippen molar-refractivity contribution in [3.05, 3.63) is 53.4 Å². The summed E-state index contributed by atoms with van der Waals surface area (Å²) in [6.07, 6.45) is 12.3. The topological polar surface area (TPSA) is 69.0 Å². The van der Waals surface area contributed by atoms with E-state index in [1.807, 2.05) is 52.8 Å². The van der Waals surface area contributed by atoms with Crippen LogP contribution in [0.15, 0.2) is 43.0 Å². The van der Waals surface area contributed by atoms with E-state index >= 15 is 0 Å². The fourth-order valence-electron chi connectivity index (χ4n) is 4.63. The van der Waals surface area contributed by atoms with Crippen molar-refractivity contribution in [2.24, 2.45) is 0 Å². The Morgan fingerprint density at radius 2 is 2.10 bits per heavy atom. The molecule has 1 aliphatic heterocycles. The van der Waals surface area contributed by atoms with Gasteiger partial charge in [0.25, 0.3) is 0 Å². The number of rotatable bonds is 4. The van der Waals surface area contributed by atoms with Gasteiger partial charge >= 0.3 is 0 Å². The number of nitrogens with zero attached hydrogens (tertiary/aromatic N) is 6. The van der Waals surface area contributed by atoms with Crippen LogP contribution in [0.5, 0.6) is 0 Å². The van der Waals surface area contributed by atoms with Gasteiger partial charge in [-0.05, 0) is 49.4 Å². The Kier molecular flexibility index (Phi) is 4.88. The normalized spacial score (nSPS) is 19.0. The summed E-state index contributed by atoms with van der Waals surface area (Å²) in [6.45, 7) is 3.06. The molecule has 0 aromatic carbocycles. The van der Waals surface area contributed by atoms with Crippen molar-refractivity contribution in [1.29, 1.82) is 0 Å². The van der Waals surface area contributed by atoms with Gasteiger partial charge in [0.05, 0.1) is 24.6 Å². The number of aryl methyl sites for hydroxylation is 2. The second-order valence-electron chi connectivity index (χ2n) is 8.17. The number of pyridine rings is 1. The molecule has 31 heavy (non-hydrogen) atoms. The number of aromatic nitrogens is 5. The summed E-state index contributed by atoms with van der Waals surface area (Å²) in [5.41, 5.74) is 2.42. The van der Waals surface area contributed by atoms with E-state index in [1.165, 1.54) is 28.7 Å². The lowest BCUT2D eigenvalue weighted by atomic mass is 9.96. The first-order chi connectivity index (χ1) is 15.3. The Labute approximate surface area is 184 Å². The van der Waals surface area contributed by atoms with E-state index in [4.69, 9.17) is 14.7 Å². The molecule has 0 amide bonds. The highest BCUT2D eigenvalue weighted by atomic mass is 32.1. The maximum Gasteiger partial charge on any atom is 0.164 e. The van der Waals surface area contributed by atoms with Gasteiger partial charge in [0.15, 0.2) is 5.82 Å². The Morgan fingerprint density at radius 1 is 1.13 bits per heavy atom. The van der Waals surface area contributed by atoms with Crippen LogP contribution in [0.25, 0.3) is 21.6 Å². The maximum absolute atomic E-state index is 6.07. The van der Waals surface area contributed by atoms with Crippen LogP contribution >= 0.6 is 11.3 Å². The molecular formula is C23H24N6OS. The Hall–Kier alpha value is -2.84. The van der Waals surface area contributed by atoms with E-state index in [2.05, 4.69) is 15.0 Å². The lowest BCUT2D eigenvalue weighted by Crippen LogP contribution is -2.44. The van der Waals surface area contributed by atoms with E-state index in [0.29, 0.717) is 6.61 Å². The van der Waals surface area contributed by atoms with E-state index in [0.717, 1.165) is 54.5 Å². The summed E-state index contributed by atoms with van der Waals surface area (Å²) < 4.78 is 8.01. The average Bonchev–Trinajstić information content (AvgIpc) is 3.46. The van der Waals surface area contributed by atoms with Crippen molar-refractivity contribution in [3.63, 3.8) is 0 Å². The number of anilines is 1. The standard InChI is InChI=1S/C23H24N6OS/c1-2-7-19-18(6-1)20-22(26-21(27-23(20)31-19)16-5-3-8-24-13-16)28-11-12-30-17(14-28)15-29-10-4-9-25-29/h3-5,8-10,13,17H,1-2,6-7,11-12,14-15H2. The molecule has 2 aliphatic rings. The second kappa shape index (κ2) is 8.01. The van der Waals surface area contributed by atoms with E-state index in [9.17, 15) is 0 Å². The molecule has 0 spiro atoms. The average molecular weight is 433 g/mol. The quantitative estimate of drug-likeness (QED) is 0.489. The number of thiophene rings is 1. The summed E-state index contributed by atoms with van der Waals surface area (Å²) >= 11 is 1.85. The minimum atomic E-state index is 0.0787. The maximum atomic E-state index is 6.07. The van der Waals surface area contributed by atoms with Gasteiger partial charge in [0.2, 0.25) is 0 Å². The van der Waals surface area contributed by atoms with Crippen LogP contribution in [0.2, 0.25) is 0 Å². The Bertz CT molecular complexity index is 1190. The SMILES string of the molecule is c1cncc(-c2nc(N3CCOC(Cn4cccn4)C3)c3c4c(sc3n2)CCCC4)c1. The van der Waals surface area contributed by atoms with Gasteiger partial charge in [-0.3, -0.25) is 9.67 Å². The van der Waals surface area contributed by atoms with Crippen LogP contribution in [0.3, 0.4) is 0 Å². The Morgan fingerprint density at radius 3 is 2.97 bits per heavy atom. The molecule has 1 fully saturated rings. The van der Waals surface area contributed by atoms with Crippen molar-refractivity contribution in [2.75, 3.05) is 24.6 Å². The molecule has 8 heteroatoms. The van der Waals surface area contributed by atoms with Crippen LogP contribution in [-0.2, 0) is 24.1 Å². The number of hydrogen-bond donors (Lipinski definition) is 0. The van der Waals surface area contributed by atoms with Gasteiger partial charge in [-0.2, -0.15) is 5.10 Å². The van der Waals surface area contributed by atoms with Gasteiger partial charge in [-0.25, -0.2) is 9.97 Å². The molecule has 0 bridgehead atoms. The third-order valence-corrected chi connectivity index (χ3v) is 7.29. The zero-order valence-electron chi connectivity index (χ0n) is 17.3. The summed E-state index contributed by atoms with van der Waals surface area (Å²) in [5.74, 6) is 1.81. The predicted octanol–water partition coefficient (Wildman–Crippen LogP) is 3.73. The molecule has 6 rings (SSSR count). The molecular weight excluding hydrogens is 408 g/mol. The van der Waals surface area contributed by atoms with Gasteiger partial charge in [0.1, 0.15) is 10.6 Å². The van der Waals surface area contributed by atoms with Crippen LogP contribution in [0.1, 0.15) is 23.3 Å². The molecule has 4 aromatic rings. The smallest absolute Gasteiger partial charge is 0.164 e. The first-order valence-electron chi connectivity index (χ1n) is 10.9. The molecule has 0 N–H and O–H groups in total. The predicted molar refractivity (Wildman–Crippen MR) is 121 cm³/mol. The van der Waals surface area contributed by atoms with Gasteiger partial charge in [-0.1, -0.05) is 0 Å². The van der Waals surface area contributed by atoms with Crippen molar-refractivity contribution in [3.8, 4) is 11.4 Å². The van der Waals surface area contributed by atoms with E-state index in [-0.39, 0.29) is 6.10 Å². The molecule has 0 radical (unpaired) electrons. The molecule has 0 saturated carbocycles. The molecule has 1 aliphatic carbocycles. The van der Waals surface area contributed by atoms with Gasteiger partial charge in [-0.15, -0.1) is 11.3 Å². The molecule has 4 aromatic heterocycles. The number of fused-ring (bicyclic) bond motifs is 3. The fourth-order valence-corrected chi connectivity index (χ4v) is 5.89. The van der Waals surface area contributed by atoms with Crippen LogP contribution in [0, 0.1) is 0 Å².